The third-order valence-corrected chi connectivity index (χ3v) is 12.6. The van der Waals surface area contributed by atoms with Crippen LogP contribution >= 0.6 is 0 Å². The van der Waals surface area contributed by atoms with Gasteiger partial charge in [-0.05, 0) is 90.1 Å². The van der Waals surface area contributed by atoms with Crippen molar-refractivity contribution in [1.29, 1.82) is 0 Å². The van der Waals surface area contributed by atoms with Crippen LogP contribution in [0, 0.1) is 29.6 Å². The standard InChI is InChI=1S/C22H26N2O4.C14H20N2O3.C13H18N2O3.C7H15NO2/c1-5-8-16-10-11-18(19(13-16)27-4)28-22(26)20(15(3)6-2)24-21(25)17-9-7-12-23-14-17;1-4-9(2)10(3)12(14(18)19)16-13(17)11-6-5-7-15-8-11;1-4-9(2)11(13(17)18-3)15-12(16)10-6-5-7-14-8-10;1-4-5(2)6(8)7(9)10-3/h5,7,9-15,20H,1,6,8H2,2-4H3,(H,24,25);5-10,12H,4H2,1-3H3,(H,16,17)(H,18,19);5-9,11H,4H2,1-3H3,(H,15,16);5-6H,4,8H2,1-3H3. The van der Waals surface area contributed by atoms with Gasteiger partial charge in [0, 0.05) is 37.2 Å². The summed E-state index contributed by atoms with van der Waals surface area (Å²) in [6.45, 7) is 21.2. The van der Waals surface area contributed by atoms with Crippen LogP contribution in [0.4, 0.5) is 0 Å². The molecular formula is C56H79N7O12. The molecule has 19 nitrogen and oxygen atoms in total. The average Bonchev–Trinajstić information content (AvgIpc) is 3.44. The Morgan fingerprint density at radius 1 is 0.587 bits per heavy atom. The van der Waals surface area contributed by atoms with Crippen molar-refractivity contribution in [2.75, 3.05) is 21.3 Å². The molecule has 0 radical (unpaired) electrons. The number of esters is 3. The zero-order chi connectivity index (χ0) is 56.6. The van der Waals surface area contributed by atoms with Gasteiger partial charge in [-0.1, -0.05) is 100 Å². The number of carbonyl (C=O) groups excluding carboxylic acids is 6. The summed E-state index contributed by atoms with van der Waals surface area (Å²) in [7, 11) is 4.18. The third kappa shape index (κ3) is 22.6. The van der Waals surface area contributed by atoms with Gasteiger partial charge in [-0.15, -0.1) is 6.58 Å². The van der Waals surface area contributed by atoms with Crippen LogP contribution in [0.25, 0.3) is 0 Å². The first kappa shape index (κ1) is 65.5. The number of amides is 3. The fourth-order valence-corrected chi connectivity index (χ4v) is 6.63. The Kier molecular flexibility index (Phi) is 31.1. The fraction of sp³-hybridized carbons (Fsp3) is 0.464. The predicted molar refractivity (Wildman–Crippen MR) is 286 cm³/mol. The summed E-state index contributed by atoms with van der Waals surface area (Å²) >= 11 is 0. The molecule has 0 aliphatic heterocycles. The molecule has 0 aliphatic rings. The highest BCUT2D eigenvalue weighted by molar-refractivity contribution is 5.98. The molecule has 9 unspecified atom stereocenters. The van der Waals surface area contributed by atoms with Crippen molar-refractivity contribution < 1.29 is 57.6 Å². The molecule has 1 aromatic carbocycles. The van der Waals surface area contributed by atoms with E-state index < -0.39 is 48.0 Å². The Bertz CT molecular complexity index is 2380. The number of ether oxygens (including phenoxy) is 4. The smallest absolute Gasteiger partial charge is 0.334 e. The summed E-state index contributed by atoms with van der Waals surface area (Å²) < 4.78 is 20.1. The number of hydrogen-bond acceptors (Lipinski definition) is 15. The summed E-state index contributed by atoms with van der Waals surface area (Å²) in [6, 6.07) is 12.4. The van der Waals surface area contributed by atoms with Crippen LogP contribution in [0.3, 0.4) is 0 Å². The van der Waals surface area contributed by atoms with Crippen molar-refractivity contribution in [2.45, 2.75) is 119 Å². The first-order valence-electron chi connectivity index (χ1n) is 25.0. The van der Waals surface area contributed by atoms with Crippen LogP contribution in [0.2, 0.25) is 0 Å². The quantitative estimate of drug-likeness (QED) is 0.0274. The number of hydrogen-bond donors (Lipinski definition) is 5. The van der Waals surface area contributed by atoms with E-state index in [4.69, 9.17) is 19.9 Å². The molecule has 75 heavy (non-hydrogen) atoms. The van der Waals surface area contributed by atoms with E-state index in [1.165, 1.54) is 39.9 Å². The number of benzene rings is 1. The second kappa shape index (κ2) is 35.6. The third-order valence-electron chi connectivity index (χ3n) is 12.6. The lowest BCUT2D eigenvalue weighted by Gasteiger charge is -2.26. The Hall–Kier alpha value is -7.54. The topological polar surface area (TPSA) is 277 Å². The van der Waals surface area contributed by atoms with Gasteiger partial charge in [-0.2, -0.15) is 0 Å². The maximum atomic E-state index is 12.8. The molecule has 6 N–H and O–H groups in total. The van der Waals surface area contributed by atoms with Gasteiger partial charge >= 0.3 is 23.9 Å². The lowest BCUT2D eigenvalue weighted by atomic mass is 9.87. The lowest BCUT2D eigenvalue weighted by Crippen LogP contribution is -2.47. The maximum absolute atomic E-state index is 12.8. The SMILES string of the molecule is C=CCc1ccc(OC(=O)C(NC(=O)c2cccnc2)C(C)CC)c(OC)c1.CCC(C)C(C)C(NC(=O)c1cccnc1)C(=O)O.CCC(C)C(N)C(=O)OC.CCC(C)C(NC(=O)c1cccnc1)C(=O)OC. The number of aliphatic carboxylic acids is 1. The van der Waals surface area contributed by atoms with Crippen molar-refractivity contribution in [3.63, 3.8) is 0 Å². The highest BCUT2D eigenvalue weighted by Gasteiger charge is 2.31. The van der Waals surface area contributed by atoms with E-state index in [1.807, 2.05) is 68.4 Å². The van der Waals surface area contributed by atoms with Crippen molar-refractivity contribution in [2.24, 2.45) is 35.3 Å². The average molecular weight is 1040 g/mol. The normalized spacial score (nSPS) is 13.9. The van der Waals surface area contributed by atoms with Crippen LogP contribution in [-0.2, 0) is 35.1 Å². The molecule has 19 heteroatoms. The maximum Gasteiger partial charge on any atom is 0.334 e. The fourth-order valence-electron chi connectivity index (χ4n) is 6.63. The van der Waals surface area contributed by atoms with Gasteiger partial charge in [-0.25, -0.2) is 14.4 Å². The Labute approximate surface area is 442 Å². The summed E-state index contributed by atoms with van der Waals surface area (Å²) in [5.41, 5.74) is 7.68. The molecule has 0 bridgehead atoms. The van der Waals surface area contributed by atoms with Crippen LogP contribution in [0.1, 0.15) is 125 Å². The van der Waals surface area contributed by atoms with E-state index >= 15 is 0 Å². The van der Waals surface area contributed by atoms with E-state index in [2.05, 4.69) is 42.2 Å². The molecule has 410 valence electrons. The monoisotopic (exact) mass is 1040 g/mol. The minimum absolute atomic E-state index is 0.0121. The van der Waals surface area contributed by atoms with Gasteiger partial charge in [-0.3, -0.25) is 34.1 Å². The molecule has 0 fully saturated rings. The van der Waals surface area contributed by atoms with Crippen LogP contribution in [0.5, 0.6) is 11.5 Å². The molecule has 0 spiro atoms. The van der Waals surface area contributed by atoms with E-state index in [1.54, 1.807) is 73.2 Å². The summed E-state index contributed by atoms with van der Waals surface area (Å²) in [5.74, 6) is -2.46. The molecule has 0 aliphatic carbocycles. The second-order valence-corrected chi connectivity index (χ2v) is 17.8. The van der Waals surface area contributed by atoms with Gasteiger partial charge in [0.1, 0.15) is 24.2 Å². The van der Waals surface area contributed by atoms with E-state index in [0.717, 1.165) is 24.8 Å². The first-order chi connectivity index (χ1) is 35.7. The van der Waals surface area contributed by atoms with Crippen LogP contribution in [-0.4, -0.2) is 107 Å². The zero-order valence-corrected chi connectivity index (χ0v) is 45.5. The van der Waals surface area contributed by atoms with E-state index in [-0.39, 0.29) is 47.4 Å². The minimum Gasteiger partial charge on any atom is -0.493 e. The van der Waals surface area contributed by atoms with Gasteiger partial charge in [0.15, 0.2) is 11.5 Å². The molecule has 4 aromatic rings. The largest absolute Gasteiger partial charge is 0.493 e. The van der Waals surface area contributed by atoms with Crippen molar-refractivity contribution in [3.8, 4) is 11.5 Å². The Morgan fingerprint density at radius 3 is 1.35 bits per heavy atom. The molecule has 3 heterocycles. The molecular weight excluding hydrogens is 963 g/mol. The van der Waals surface area contributed by atoms with Gasteiger partial charge in [0.2, 0.25) is 0 Å². The van der Waals surface area contributed by atoms with E-state index in [0.29, 0.717) is 41.0 Å². The number of carboxylic acids is 1. The minimum atomic E-state index is -1.01. The van der Waals surface area contributed by atoms with Gasteiger partial charge in [0.25, 0.3) is 17.7 Å². The number of carboxylic acid groups (broad SMARTS) is 1. The molecule has 9 atom stereocenters. The Morgan fingerprint density at radius 2 is 1.00 bits per heavy atom. The number of methoxy groups -OCH3 is 3. The highest BCUT2D eigenvalue weighted by Crippen LogP contribution is 2.29. The van der Waals surface area contributed by atoms with Crippen molar-refractivity contribution in [1.82, 2.24) is 30.9 Å². The van der Waals surface area contributed by atoms with Crippen molar-refractivity contribution >= 4 is 41.6 Å². The zero-order valence-electron chi connectivity index (χ0n) is 45.5. The van der Waals surface area contributed by atoms with Crippen LogP contribution in [0.15, 0.2) is 104 Å². The number of pyridine rings is 3. The van der Waals surface area contributed by atoms with Crippen molar-refractivity contribution in [3.05, 3.63) is 127 Å². The molecule has 3 amide bonds. The number of carbonyl (C=O) groups is 7. The number of nitrogens with one attached hydrogen (secondary N) is 3. The number of nitrogens with two attached hydrogens (primary N) is 1. The summed E-state index contributed by atoms with van der Waals surface area (Å²) in [5, 5.41) is 17.3. The molecule has 0 saturated carbocycles. The van der Waals surface area contributed by atoms with E-state index in [9.17, 15) is 38.7 Å². The molecule has 0 saturated heterocycles. The molecule has 4 rings (SSSR count). The second-order valence-electron chi connectivity index (χ2n) is 17.8. The number of aromatic nitrogens is 3. The predicted octanol–water partition coefficient (Wildman–Crippen LogP) is 7.45. The van der Waals surface area contributed by atoms with Gasteiger partial charge < -0.3 is 45.7 Å². The van der Waals surface area contributed by atoms with Crippen LogP contribution < -0.4 is 31.2 Å². The number of allylic oxidation sites excluding steroid dienone is 1. The Balaban J connectivity index is 0.000000529. The number of rotatable bonds is 23. The van der Waals surface area contributed by atoms with Gasteiger partial charge in [0.05, 0.1) is 38.0 Å². The first-order valence-corrected chi connectivity index (χ1v) is 25.0. The number of nitrogens with zero attached hydrogens (tertiary/aromatic N) is 3. The summed E-state index contributed by atoms with van der Waals surface area (Å²) in [6.07, 6.45) is 14.8. The molecule has 3 aromatic heterocycles. The lowest BCUT2D eigenvalue weighted by molar-refractivity contribution is -0.144. The summed E-state index contributed by atoms with van der Waals surface area (Å²) in [4.78, 5) is 94.5. The highest BCUT2D eigenvalue weighted by atomic mass is 16.6.